The highest BCUT2D eigenvalue weighted by molar-refractivity contribution is 8.04. The van der Waals surface area contributed by atoms with E-state index in [2.05, 4.69) is 5.32 Å². The lowest BCUT2D eigenvalue weighted by Gasteiger charge is -2.29. The first-order valence-electron chi connectivity index (χ1n) is 7.35. The van der Waals surface area contributed by atoms with E-state index >= 15 is 0 Å². The summed E-state index contributed by atoms with van der Waals surface area (Å²) in [6, 6.07) is 14.8. The Morgan fingerprint density at radius 2 is 1.92 bits per heavy atom. The van der Waals surface area contributed by atoms with Crippen LogP contribution in [0, 0.1) is 0 Å². The van der Waals surface area contributed by atoms with Crippen molar-refractivity contribution in [2.75, 3.05) is 18.5 Å². The van der Waals surface area contributed by atoms with Crippen LogP contribution in [-0.2, 0) is 9.59 Å². The Hall–Kier alpha value is -2.24. The van der Waals surface area contributed by atoms with Crippen molar-refractivity contribution in [1.29, 1.82) is 0 Å². The summed E-state index contributed by atoms with van der Waals surface area (Å²) in [6.07, 6.45) is 1.82. The van der Waals surface area contributed by atoms with E-state index in [1.807, 2.05) is 42.5 Å². The summed E-state index contributed by atoms with van der Waals surface area (Å²) >= 11 is 7.31. The van der Waals surface area contributed by atoms with Gasteiger partial charge in [0.25, 0.3) is 5.91 Å². The molecule has 0 radical (unpaired) electrons. The molecule has 6 heteroatoms. The van der Waals surface area contributed by atoms with Crippen molar-refractivity contribution < 1.29 is 9.59 Å². The van der Waals surface area contributed by atoms with Gasteiger partial charge in [0, 0.05) is 17.0 Å². The Labute approximate surface area is 149 Å². The fourth-order valence-electron chi connectivity index (χ4n) is 2.35. The first-order chi connectivity index (χ1) is 11.6. The molecule has 1 heterocycles. The van der Waals surface area contributed by atoms with Crippen molar-refractivity contribution in [3.8, 4) is 0 Å². The molecule has 122 valence electrons. The van der Waals surface area contributed by atoms with Gasteiger partial charge < -0.3 is 5.32 Å². The molecule has 0 fully saturated rings. The second-order valence-corrected chi connectivity index (χ2v) is 6.71. The van der Waals surface area contributed by atoms with Gasteiger partial charge in [0.2, 0.25) is 5.91 Å². The number of rotatable bonds is 3. The molecule has 1 N–H and O–H groups in total. The number of para-hydroxylation sites is 1. The third-order valence-corrected chi connectivity index (χ3v) is 4.91. The molecule has 0 aliphatic carbocycles. The molecule has 0 spiro atoms. The van der Waals surface area contributed by atoms with Crippen molar-refractivity contribution in [2.45, 2.75) is 4.90 Å². The molecule has 0 atom stereocenters. The van der Waals surface area contributed by atoms with Crippen molar-refractivity contribution in [3.05, 3.63) is 64.0 Å². The Balaban J connectivity index is 1.99. The number of benzene rings is 2. The van der Waals surface area contributed by atoms with Crippen LogP contribution in [0.15, 0.2) is 58.3 Å². The molecule has 4 nitrogen and oxygen atoms in total. The van der Waals surface area contributed by atoms with E-state index in [1.54, 1.807) is 19.2 Å². The summed E-state index contributed by atoms with van der Waals surface area (Å²) in [5, 5.41) is 3.21. The summed E-state index contributed by atoms with van der Waals surface area (Å²) in [5.41, 5.74) is 1.64. The summed E-state index contributed by atoms with van der Waals surface area (Å²) in [4.78, 5) is 27.7. The van der Waals surface area contributed by atoms with Gasteiger partial charge in [-0.1, -0.05) is 47.6 Å². The maximum Gasteiger partial charge on any atom is 0.265 e. The molecule has 24 heavy (non-hydrogen) atoms. The number of likely N-dealkylation sites (N-methyl/N-ethyl adjacent to an activating group) is 1. The zero-order chi connectivity index (χ0) is 17.1. The minimum atomic E-state index is -0.212. The van der Waals surface area contributed by atoms with Crippen molar-refractivity contribution in [1.82, 2.24) is 5.32 Å². The maximum atomic E-state index is 12.8. The van der Waals surface area contributed by atoms with E-state index in [0.29, 0.717) is 9.93 Å². The monoisotopic (exact) mass is 358 g/mol. The quantitative estimate of drug-likeness (QED) is 0.853. The zero-order valence-electron chi connectivity index (χ0n) is 13.0. The lowest BCUT2D eigenvalue weighted by molar-refractivity contribution is -0.122. The number of thioether (sulfide) groups is 1. The van der Waals surface area contributed by atoms with E-state index in [9.17, 15) is 9.59 Å². The van der Waals surface area contributed by atoms with Crippen LogP contribution in [0.4, 0.5) is 5.69 Å². The van der Waals surface area contributed by atoms with Crippen molar-refractivity contribution in [3.63, 3.8) is 0 Å². The third-order valence-electron chi connectivity index (χ3n) is 3.58. The number of amides is 2. The lowest BCUT2D eigenvalue weighted by atomic mass is 10.2. The van der Waals surface area contributed by atoms with Crippen LogP contribution in [0.1, 0.15) is 5.56 Å². The van der Waals surface area contributed by atoms with Crippen LogP contribution < -0.4 is 10.2 Å². The second-order valence-electron chi connectivity index (χ2n) is 5.19. The molecule has 2 amide bonds. The highest BCUT2D eigenvalue weighted by Gasteiger charge is 2.30. The number of carbonyl (C=O) groups is 2. The van der Waals surface area contributed by atoms with E-state index in [1.165, 1.54) is 16.7 Å². The van der Waals surface area contributed by atoms with Gasteiger partial charge in [0.05, 0.1) is 10.6 Å². The highest BCUT2D eigenvalue weighted by atomic mass is 35.5. The molecule has 0 bridgehead atoms. The zero-order valence-corrected chi connectivity index (χ0v) is 14.5. The fourth-order valence-corrected chi connectivity index (χ4v) is 3.54. The van der Waals surface area contributed by atoms with Gasteiger partial charge in [-0.15, -0.1) is 0 Å². The average molecular weight is 359 g/mol. The Morgan fingerprint density at radius 3 is 2.62 bits per heavy atom. The molecule has 2 aromatic rings. The predicted molar refractivity (Wildman–Crippen MR) is 98.1 cm³/mol. The molecule has 0 aromatic heterocycles. The van der Waals surface area contributed by atoms with Gasteiger partial charge in [-0.25, -0.2) is 0 Å². The van der Waals surface area contributed by atoms with Crippen LogP contribution in [0.2, 0.25) is 5.02 Å². The largest absolute Gasteiger partial charge is 0.358 e. The van der Waals surface area contributed by atoms with Gasteiger partial charge in [-0.05, 0) is 35.9 Å². The Kier molecular flexibility index (Phi) is 4.92. The predicted octanol–water partition coefficient (Wildman–Crippen LogP) is 3.57. The fraction of sp³-hybridized carbons (Fsp3) is 0.111. The molecular formula is C18H15ClN2O2S. The summed E-state index contributed by atoms with van der Waals surface area (Å²) in [7, 11) is 1.56. The molecule has 3 rings (SSSR count). The molecule has 0 unspecified atom stereocenters. The van der Waals surface area contributed by atoms with Gasteiger partial charge >= 0.3 is 0 Å². The van der Waals surface area contributed by atoms with E-state index in [4.69, 9.17) is 11.6 Å². The van der Waals surface area contributed by atoms with E-state index in [0.717, 1.165) is 16.1 Å². The van der Waals surface area contributed by atoms with Crippen LogP contribution in [-0.4, -0.2) is 25.4 Å². The third kappa shape index (κ3) is 3.47. The van der Waals surface area contributed by atoms with Crippen LogP contribution in [0.3, 0.4) is 0 Å². The Bertz CT molecular complexity index is 818. The molecule has 0 saturated carbocycles. The van der Waals surface area contributed by atoms with Crippen molar-refractivity contribution in [2.24, 2.45) is 0 Å². The topological polar surface area (TPSA) is 49.4 Å². The molecule has 1 aliphatic rings. The second kappa shape index (κ2) is 7.11. The smallest absolute Gasteiger partial charge is 0.265 e. The first kappa shape index (κ1) is 16.6. The molecule has 0 saturated heterocycles. The minimum absolute atomic E-state index is 0.00906. The lowest BCUT2D eigenvalue weighted by Crippen LogP contribution is -2.41. The standard InChI is InChI=1S/C18H15ClN2O2S/c1-20-17(22)11-21-14-4-2-3-5-15(14)24-16(18(21)23)10-12-6-8-13(19)9-7-12/h2-10H,11H2,1H3,(H,20,22). The van der Waals surface area contributed by atoms with Gasteiger partial charge in [0.15, 0.2) is 0 Å². The number of anilines is 1. The number of fused-ring (bicyclic) bond motifs is 1. The van der Waals surface area contributed by atoms with Gasteiger partial charge in [-0.3, -0.25) is 14.5 Å². The molecule has 2 aromatic carbocycles. The van der Waals surface area contributed by atoms with Gasteiger partial charge in [0.1, 0.15) is 6.54 Å². The normalized spacial score (nSPS) is 15.3. The average Bonchev–Trinajstić information content (AvgIpc) is 2.60. The maximum absolute atomic E-state index is 12.8. The minimum Gasteiger partial charge on any atom is -0.358 e. The summed E-state index contributed by atoms with van der Waals surface area (Å²) in [5.74, 6) is -0.395. The molecule has 1 aliphatic heterocycles. The number of hydrogen-bond donors (Lipinski definition) is 1. The van der Waals surface area contributed by atoms with Crippen LogP contribution in [0.5, 0.6) is 0 Å². The number of carbonyl (C=O) groups excluding carboxylic acids is 2. The van der Waals surface area contributed by atoms with Gasteiger partial charge in [-0.2, -0.15) is 0 Å². The first-order valence-corrected chi connectivity index (χ1v) is 8.54. The number of hydrogen-bond acceptors (Lipinski definition) is 3. The van der Waals surface area contributed by atoms with Crippen LogP contribution in [0.25, 0.3) is 6.08 Å². The Morgan fingerprint density at radius 1 is 1.21 bits per heavy atom. The van der Waals surface area contributed by atoms with Crippen molar-refractivity contribution >= 4 is 46.9 Å². The number of nitrogens with one attached hydrogen (secondary N) is 1. The molecular weight excluding hydrogens is 344 g/mol. The van der Waals surface area contributed by atoms with Crippen LogP contribution >= 0.6 is 23.4 Å². The van der Waals surface area contributed by atoms with E-state index < -0.39 is 0 Å². The SMILES string of the molecule is CNC(=O)CN1C(=O)C(=Cc2ccc(Cl)cc2)Sc2ccccc21. The highest BCUT2D eigenvalue weighted by Crippen LogP contribution is 2.41. The summed E-state index contributed by atoms with van der Waals surface area (Å²) in [6.45, 7) is -0.00906. The summed E-state index contributed by atoms with van der Waals surface area (Å²) < 4.78 is 0. The number of halogens is 1. The van der Waals surface area contributed by atoms with E-state index in [-0.39, 0.29) is 18.4 Å². The number of nitrogens with zero attached hydrogens (tertiary/aromatic N) is 1.